The molecule has 1 N–H and O–H groups in total. The van der Waals surface area contributed by atoms with E-state index in [4.69, 9.17) is 5.26 Å². The van der Waals surface area contributed by atoms with Gasteiger partial charge in [0.15, 0.2) is 5.69 Å². The van der Waals surface area contributed by atoms with E-state index in [1.54, 1.807) is 0 Å². The maximum Gasteiger partial charge on any atom is 0.419 e. The van der Waals surface area contributed by atoms with Crippen LogP contribution in [-0.2, 0) is 11.0 Å². The van der Waals surface area contributed by atoms with Crippen molar-refractivity contribution in [3.8, 4) is 6.07 Å². The van der Waals surface area contributed by atoms with Gasteiger partial charge in [-0.2, -0.15) is 18.4 Å². The molecule has 1 unspecified atom stereocenters. The van der Waals surface area contributed by atoms with Crippen LogP contribution in [0.15, 0.2) is 12.3 Å². The second-order valence-electron chi connectivity index (χ2n) is 5.33. The molecule has 116 valence electrons. The zero-order valence-corrected chi connectivity index (χ0v) is 12.1. The number of carbonyl (C=O) groups is 1. The van der Waals surface area contributed by atoms with Gasteiger partial charge in [0.25, 0.3) is 0 Å². The summed E-state index contributed by atoms with van der Waals surface area (Å²) in [5.74, 6) is -0.307. The molecule has 1 spiro atoms. The Morgan fingerprint density at radius 1 is 1.50 bits per heavy atom. The Balaban J connectivity index is 2.02. The molecule has 0 aromatic carbocycles. The highest BCUT2D eigenvalue weighted by atomic mass is 32.1. The molecule has 3 rings (SSSR count). The molecule has 2 heterocycles. The van der Waals surface area contributed by atoms with Crippen LogP contribution >= 0.6 is 12.6 Å². The van der Waals surface area contributed by atoms with Crippen LogP contribution in [0.5, 0.6) is 0 Å². The Morgan fingerprint density at radius 3 is 2.64 bits per heavy atom. The lowest BCUT2D eigenvalue weighted by Crippen LogP contribution is -2.52. The Morgan fingerprint density at radius 2 is 2.18 bits per heavy atom. The third-order valence-corrected chi connectivity index (χ3v) is 4.41. The molecule has 5 nitrogen and oxygen atoms in total. The number of halogens is 3. The molecule has 9 heteroatoms. The molecule has 1 aliphatic carbocycles. The van der Waals surface area contributed by atoms with E-state index in [1.165, 1.54) is 6.07 Å². The summed E-state index contributed by atoms with van der Waals surface area (Å²) in [6, 6.07) is 2.18. The van der Waals surface area contributed by atoms with E-state index in [1.807, 2.05) is 0 Å². The van der Waals surface area contributed by atoms with Crippen LogP contribution in [0.3, 0.4) is 0 Å². The molecule has 1 aliphatic heterocycles. The van der Waals surface area contributed by atoms with Gasteiger partial charge in [-0.05, 0) is 25.3 Å². The summed E-state index contributed by atoms with van der Waals surface area (Å²) in [4.78, 5) is 17.2. The number of hydrogen-bond donors (Lipinski definition) is 2. The molecule has 1 saturated carbocycles. The topological polar surface area (TPSA) is 69.0 Å². The number of aromatic nitrogens is 1. The maximum atomic E-state index is 13.0. The number of pyridine rings is 1. The van der Waals surface area contributed by atoms with E-state index < -0.39 is 28.5 Å². The van der Waals surface area contributed by atoms with Gasteiger partial charge in [-0.15, -0.1) is 12.6 Å². The van der Waals surface area contributed by atoms with Crippen molar-refractivity contribution in [3.63, 3.8) is 0 Å². The third-order valence-electron chi connectivity index (χ3n) is 4.05. The molecular weight excluding hydrogens is 317 g/mol. The van der Waals surface area contributed by atoms with Crippen LogP contribution in [0.25, 0.3) is 0 Å². The smallest absolute Gasteiger partial charge is 0.284 e. The first kappa shape index (κ1) is 15.1. The fraction of sp³-hybridized carbons (Fsp3) is 0.462. The van der Waals surface area contributed by atoms with E-state index >= 15 is 0 Å². The minimum absolute atomic E-state index is 0.0207. The largest absolute Gasteiger partial charge is 0.419 e. The third kappa shape index (κ3) is 2.14. The van der Waals surface area contributed by atoms with Crippen molar-refractivity contribution in [2.75, 3.05) is 4.90 Å². The number of nitrogens with one attached hydrogen (secondary N) is 1. The van der Waals surface area contributed by atoms with Crippen molar-refractivity contribution in [1.29, 1.82) is 5.26 Å². The number of rotatable bonds is 1. The maximum absolute atomic E-state index is 13.0. The summed E-state index contributed by atoms with van der Waals surface area (Å²) in [5, 5.41) is 11.8. The van der Waals surface area contributed by atoms with Crippen LogP contribution in [0.1, 0.15) is 30.5 Å². The number of carbonyl (C=O) groups excluding carboxylic acids is 1. The lowest BCUT2D eigenvalue weighted by atomic mass is 9.77. The van der Waals surface area contributed by atoms with Crippen LogP contribution in [0.2, 0.25) is 0 Å². The fourth-order valence-corrected chi connectivity index (χ4v) is 3.24. The van der Waals surface area contributed by atoms with E-state index in [2.05, 4.69) is 22.9 Å². The van der Waals surface area contributed by atoms with Crippen molar-refractivity contribution in [2.24, 2.45) is 0 Å². The highest BCUT2D eigenvalue weighted by Crippen LogP contribution is 2.42. The minimum atomic E-state index is -4.72. The lowest BCUT2D eigenvalue weighted by molar-refractivity contribution is -0.138. The summed E-state index contributed by atoms with van der Waals surface area (Å²) < 4.78 is 39.0. The predicted molar refractivity (Wildman–Crippen MR) is 73.9 cm³/mol. The Labute approximate surface area is 129 Å². The molecule has 2 fully saturated rings. The molecule has 1 aromatic rings. The minimum Gasteiger partial charge on any atom is -0.284 e. The Kier molecular flexibility index (Phi) is 3.34. The highest BCUT2D eigenvalue weighted by molar-refractivity contribution is 7.81. The fourth-order valence-electron chi connectivity index (χ4n) is 2.75. The van der Waals surface area contributed by atoms with Crippen molar-refractivity contribution < 1.29 is 18.0 Å². The van der Waals surface area contributed by atoms with E-state index in [-0.39, 0.29) is 11.6 Å². The van der Waals surface area contributed by atoms with Gasteiger partial charge < -0.3 is 0 Å². The molecule has 0 bridgehead atoms. The van der Waals surface area contributed by atoms with Crippen molar-refractivity contribution in [1.82, 2.24) is 10.3 Å². The van der Waals surface area contributed by atoms with Crippen molar-refractivity contribution in [3.05, 3.63) is 23.5 Å². The number of anilines is 1. The zero-order chi connectivity index (χ0) is 16.1. The first-order valence-electron chi connectivity index (χ1n) is 6.55. The van der Waals surface area contributed by atoms with Crippen LogP contribution in [-0.4, -0.2) is 21.9 Å². The molecule has 1 amide bonds. The monoisotopic (exact) mass is 328 g/mol. The molecular formula is C13H11F3N4OS. The number of alkyl halides is 3. The molecule has 0 radical (unpaired) electrons. The zero-order valence-electron chi connectivity index (χ0n) is 11.2. The average molecular weight is 328 g/mol. The standard InChI is InChI=1S/C13H11F3N4OS/c14-13(15,16)8-4-7(6-18-9(8)5-17)20-10(21)12(2-1-3-12)19-11(20)22/h4,6,11,19,22H,1-3H2. The average Bonchev–Trinajstić information content (AvgIpc) is 2.68. The van der Waals surface area contributed by atoms with Gasteiger partial charge in [-0.1, -0.05) is 0 Å². The van der Waals surface area contributed by atoms with Gasteiger partial charge in [0, 0.05) is 0 Å². The number of hydrogen-bond acceptors (Lipinski definition) is 5. The summed E-state index contributed by atoms with van der Waals surface area (Å²) >= 11 is 4.23. The molecule has 22 heavy (non-hydrogen) atoms. The van der Waals surface area contributed by atoms with Gasteiger partial charge in [0.05, 0.1) is 17.4 Å². The second kappa shape index (κ2) is 4.86. The van der Waals surface area contributed by atoms with Gasteiger partial charge in [-0.3, -0.25) is 15.0 Å². The van der Waals surface area contributed by atoms with Crippen molar-refractivity contribution in [2.45, 2.75) is 36.5 Å². The van der Waals surface area contributed by atoms with Crippen LogP contribution < -0.4 is 10.2 Å². The summed E-state index contributed by atoms with van der Waals surface area (Å²) in [7, 11) is 0. The van der Waals surface area contributed by atoms with E-state index in [0.29, 0.717) is 12.8 Å². The first-order valence-corrected chi connectivity index (χ1v) is 7.07. The molecule has 1 aromatic heterocycles. The van der Waals surface area contributed by atoms with Gasteiger partial charge in [0.1, 0.15) is 17.1 Å². The quantitative estimate of drug-likeness (QED) is 0.774. The van der Waals surface area contributed by atoms with E-state index in [9.17, 15) is 18.0 Å². The lowest BCUT2D eigenvalue weighted by Gasteiger charge is -2.35. The number of amides is 1. The van der Waals surface area contributed by atoms with Gasteiger partial charge >= 0.3 is 6.18 Å². The predicted octanol–water partition coefficient (Wildman–Crippen LogP) is 2.04. The normalized spacial score (nSPS) is 23.5. The first-order chi connectivity index (χ1) is 10.3. The summed E-state index contributed by atoms with van der Waals surface area (Å²) in [6.45, 7) is 0. The van der Waals surface area contributed by atoms with Crippen LogP contribution in [0.4, 0.5) is 18.9 Å². The van der Waals surface area contributed by atoms with Gasteiger partial charge in [-0.25, -0.2) is 4.98 Å². The SMILES string of the molecule is N#Cc1ncc(N2C(=O)C3(CCC3)NC2S)cc1C(F)(F)F. The molecule has 1 atom stereocenters. The molecule has 2 aliphatic rings. The van der Waals surface area contributed by atoms with E-state index in [0.717, 1.165) is 23.6 Å². The summed E-state index contributed by atoms with van der Waals surface area (Å²) in [6.07, 6.45) is -1.48. The van der Waals surface area contributed by atoms with Crippen molar-refractivity contribution >= 4 is 24.2 Å². The van der Waals surface area contributed by atoms with Gasteiger partial charge in [0.2, 0.25) is 5.91 Å². The second-order valence-corrected chi connectivity index (χ2v) is 5.82. The highest BCUT2D eigenvalue weighted by Gasteiger charge is 2.54. The number of nitriles is 1. The number of nitrogens with zero attached hydrogens (tertiary/aromatic N) is 3. The summed E-state index contributed by atoms with van der Waals surface area (Å²) in [5.41, 5.74) is -3.34. The van der Waals surface area contributed by atoms with Crippen LogP contribution in [0, 0.1) is 11.3 Å². The number of thiol groups is 1. The Hall–Kier alpha value is -1.79. The molecule has 1 saturated heterocycles. The Bertz CT molecular complexity index is 681.